The molecule has 2 aromatic heterocycles. The van der Waals surface area contributed by atoms with Gasteiger partial charge in [-0.3, -0.25) is 19.0 Å². The van der Waals surface area contributed by atoms with Crippen LogP contribution in [0, 0.1) is 0 Å². The number of nitrogens with one attached hydrogen (secondary N) is 3. The van der Waals surface area contributed by atoms with E-state index in [-0.39, 0.29) is 34.6 Å². The molecule has 0 aromatic carbocycles. The maximum absolute atomic E-state index is 13.2. The number of rotatable bonds is 15. The molecule has 0 radical (unpaired) electrons. The van der Waals surface area contributed by atoms with Crippen molar-refractivity contribution in [1.29, 1.82) is 0 Å². The van der Waals surface area contributed by atoms with Crippen molar-refractivity contribution < 1.29 is 41.7 Å². The van der Waals surface area contributed by atoms with E-state index in [1.807, 2.05) is 4.72 Å². The van der Waals surface area contributed by atoms with E-state index in [1.165, 1.54) is 43.0 Å². The van der Waals surface area contributed by atoms with Crippen molar-refractivity contribution in [2.75, 3.05) is 19.4 Å². The Hall–Kier alpha value is -3.46. The molecule has 4 rings (SSSR count). The molecule has 0 bridgehead atoms. The normalized spacial score (nSPS) is 19.9. The van der Waals surface area contributed by atoms with Gasteiger partial charge >= 0.3 is 16.3 Å². The topological polar surface area (TPSA) is 242 Å². The summed E-state index contributed by atoms with van der Waals surface area (Å²) in [5, 5.41) is 29.4. The number of fused-ring (bicyclic) bond motifs is 1. The molecule has 0 aliphatic carbocycles. The van der Waals surface area contributed by atoms with Crippen LogP contribution in [0.15, 0.2) is 44.4 Å². The molecule has 5 N–H and O–H groups in total. The number of carbonyl (C=O) groups excluding carboxylic acids is 2. The zero-order valence-corrected chi connectivity index (χ0v) is 23.9. The largest absolute Gasteiger partial charge is 0.477 e. The number of thioether (sulfide) groups is 2. The minimum Gasteiger partial charge on any atom is -0.477 e. The van der Waals surface area contributed by atoms with Crippen molar-refractivity contribution in [2.24, 2.45) is 5.16 Å². The van der Waals surface area contributed by atoms with Gasteiger partial charge in [-0.15, -0.1) is 22.0 Å². The number of carbonyl (C=O) groups is 3. The Morgan fingerprint density at radius 2 is 2.20 bits per heavy atom. The molecule has 41 heavy (non-hydrogen) atoms. The number of aromatic nitrogens is 4. The standard InChI is InChI=1S/C21H26N8O9S3/c1-37-26-14(12-6-5-9-38-12)17(30)23-15-18(31)29-16(20(32)33)11(10-39-19(15)29)13(40-21-24-27-28-25-21)7-3-2-4-8-22-41(34,35)36/h5-6,9,13,15,19,22H,2-4,7-8,10H2,1H3,(H,23,30)(H,32,33)(H,34,35,36)(H,24,25,27,28)/t13?,15?,19-/m0/s1. The lowest BCUT2D eigenvalue weighted by Gasteiger charge is -2.50. The predicted molar refractivity (Wildman–Crippen MR) is 144 cm³/mol. The lowest BCUT2D eigenvalue weighted by Crippen LogP contribution is -2.71. The first-order chi connectivity index (χ1) is 19.6. The van der Waals surface area contributed by atoms with E-state index in [0.29, 0.717) is 31.3 Å². The third-order valence-corrected chi connectivity index (χ3v) is 9.09. The number of β-lactam (4-membered cyclic amide) rings is 1. The van der Waals surface area contributed by atoms with E-state index >= 15 is 0 Å². The molecule has 4 heterocycles. The molecule has 2 aliphatic rings. The maximum Gasteiger partial charge on any atom is 0.352 e. The first-order valence-corrected chi connectivity index (χ1v) is 15.5. The quantitative estimate of drug-likeness (QED) is 0.0434. The van der Waals surface area contributed by atoms with Crippen molar-refractivity contribution >= 4 is 57.3 Å². The number of H-pyrrole nitrogens is 1. The Labute approximate surface area is 241 Å². The summed E-state index contributed by atoms with van der Waals surface area (Å²) in [6.45, 7) is 0.0498. The van der Waals surface area contributed by atoms with Crippen LogP contribution in [0.3, 0.4) is 0 Å². The molecule has 20 heteroatoms. The van der Waals surface area contributed by atoms with Gasteiger partial charge in [0.25, 0.3) is 11.8 Å². The summed E-state index contributed by atoms with van der Waals surface area (Å²) in [7, 11) is -3.02. The van der Waals surface area contributed by atoms with Gasteiger partial charge < -0.3 is 19.7 Å². The van der Waals surface area contributed by atoms with Gasteiger partial charge in [0.05, 0.1) is 6.26 Å². The SMILES string of the molecule is CON=C(C(=O)NC1C(=O)N2C(C(=O)O)=C(C(CCCCCNS(=O)(=O)O)Sc3nn[nH]n3)CS[C@@H]12)c1ccco1. The first-order valence-electron chi connectivity index (χ1n) is 12.1. The van der Waals surface area contributed by atoms with Crippen LogP contribution < -0.4 is 10.0 Å². The van der Waals surface area contributed by atoms with Crippen molar-refractivity contribution in [2.45, 2.75) is 47.5 Å². The monoisotopic (exact) mass is 630 g/mol. The summed E-state index contributed by atoms with van der Waals surface area (Å²) in [5.41, 5.74) is 0.137. The smallest absolute Gasteiger partial charge is 0.352 e. The van der Waals surface area contributed by atoms with Gasteiger partial charge in [0.15, 0.2) is 5.76 Å². The van der Waals surface area contributed by atoms with Crippen LogP contribution in [0.1, 0.15) is 31.4 Å². The summed E-state index contributed by atoms with van der Waals surface area (Å²) < 4.78 is 37.7. The number of carboxylic acids is 1. The van der Waals surface area contributed by atoms with Crippen LogP contribution in [-0.4, -0.2) is 103 Å². The molecular weight excluding hydrogens is 604 g/mol. The van der Waals surface area contributed by atoms with Crippen molar-refractivity contribution in [3.63, 3.8) is 0 Å². The second-order valence-corrected chi connectivity index (χ2v) is 12.2. The Morgan fingerprint density at radius 3 is 2.83 bits per heavy atom. The molecule has 0 spiro atoms. The summed E-state index contributed by atoms with van der Waals surface area (Å²) in [6, 6.07) is 2.07. The second kappa shape index (κ2) is 13.5. The molecular formula is C21H26N8O9S3. The molecule has 1 saturated heterocycles. The highest BCUT2D eigenvalue weighted by Gasteiger charge is 2.55. The number of furan rings is 1. The van der Waals surface area contributed by atoms with Crippen LogP contribution in [0.5, 0.6) is 0 Å². The van der Waals surface area contributed by atoms with Gasteiger partial charge in [-0.1, -0.05) is 29.8 Å². The van der Waals surface area contributed by atoms with Gasteiger partial charge in [0.1, 0.15) is 24.2 Å². The van der Waals surface area contributed by atoms with Crippen LogP contribution in [0.25, 0.3) is 0 Å². The lowest BCUT2D eigenvalue weighted by atomic mass is 9.99. The van der Waals surface area contributed by atoms with E-state index in [1.54, 1.807) is 6.07 Å². The van der Waals surface area contributed by atoms with E-state index in [2.05, 4.69) is 31.1 Å². The Balaban J connectivity index is 1.49. The highest BCUT2D eigenvalue weighted by Crippen LogP contribution is 2.44. The van der Waals surface area contributed by atoms with E-state index < -0.39 is 44.8 Å². The number of unbranched alkanes of at least 4 members (excludes halogenated alkanes) is 2. The molecule has 2 aromatic rings. The maximum atomic E-state index is 13.2. The average Bonchev–Trinajstić information content (AvgIpc) is 3.64. The number of nitrogens with zero attached hydrogens (tertiary/aromatic N) is 5. The highest BCUT2D eigenvalue weighted by molar-refractivity contribution is 8.01. The number of carboxylic acid groups (broad SMARTS) is 1. The summed E-state index contributed by atoms with van der Waals surface area (Å²) in [6.07, 6.45) is 3.42. The molecule has 3 atom stereocenters. The van der Waals surface area contributed by atoms with Crippen LogP contribution in [0.2, 0.25) is 0 Å². The number of amides is 2. The minimum absolute atomic E-state index is 0.0498. The number of aromatic amines is 1. The van der Waals surface area contributed by atoms with Crippen LogP contribution >= 0.6 is 23.5 Å². The van der Waals surface area contributed by atoms with Gasteiger partial charge in [-0.25, -0.2) is 4.79 Å². The second-order valence-electron chi connectivity index (χ2n) is 8.66. The molecule has 2 aliphatic heterocycles. The van der Waals surface area contributed by atoms with Crippen molar-refractivity contribution in [3.05, 3.63) is 35.4 Å². The molecule has 0 saturated carbocycles. The van der Waals surface area contributed by atoms with Gasteiger partial charge in [-0.2, -0.15) is 18.4 Å². The number of hydrogen-bond donors (Lipinski definition) is 5. The zero-order chi connectivity index (χ0) is 29.6. The van der Waals surface area contributed by atoms with Gasteiger partial charge in [-0.05, 0) is 35.8 Å². The van der Waals surface area contributed by atoms with Gasteiger partial charge in [0.2, 0.25) is 10.9 Å². The van der Waals surface area contributed by atoms with Crippen molar-refractivity contribution in [1.82, 2.24) is 35.6 Å². The third-order valence-electron chi connectivity index (χ3n) is 6.03. The molecule has 2 unspecified atom stereocenters. The van der Waals surface area contributed by atoms with Crippen molar-refractivity contribution in [3.8, 4) is 0 Å². The van der Waals surface area contributed by atoms with E-state index in [0.717, 1.165) is 4.90 Å². The number of oxime groups is 1. The minimum atomic E-state index is -4.28. The van der Waals surface area contributed by atoms with Crippen LogP contribution in [0.4, 0.5) is 0 Å². The predicted octanol–water partition coefficient (Wildman–Crippen LogP) is -0.00450. The molecule has 222 valence electrons. The fourth-order valence-corrected chi connectivity index (χ4v) is 7.26. The van der Waals surface area contributed by atoms with Crippen LogP contribution in [-0.2, 0) is 29.5 Å². The Bertz CT molecular complexity index is 1410. The van der Waals surface area contributed by atoms with E-state index in [9.17, 15) is 27.9 Å². The number of hydrogen-bond acceptors (Lipinski definition) is 13. The average molecular weight is 631 g/mol. The zero-order valence-electron chi connectivity index (χ0n) is 21.4. The fourth-order valence-electron chi connectivity index (χ4n) is 4.27. The van der Waals surface area contributed by atoms with E-state index in [4.69, 9.17) is 13.8 Å². The van der Waals surface area contributed by atoms with Gasteiger partial charge in [0, 0.05) is 17.5 Å². The molecule has 1 fully saturated rings. The summed E-state index contributed by atoms with van der Waals surface area (Å²) in [5.74, 6) is -2.23. The molecule has 17 nitrogen and oxygen atoms in total. The Morgan fingerprint density at radius 1 is 1.39 bits per heavy atom. The Kier molecular flexibility index (Phi) is 10.0. The summed E-state index contributed by atoms with van der Waals surface area (Å²) >= 11 is 2.49. The highest BCUT2D eigenvalue weighted by atomic mass is 32.2. The lowest BCUT2D eigenvalue weighted by molar-refractivity contribution is -0.150. The molecule has 2 amide bonds. The first kappa shape index (κ1) is 30.5. The fraction of sp³-hybridized carbons (Fsp3) is 0.476. The third kappa shape index (κ3) is 7.44. The summed E-state index contributed by atoms with van der Waals surface area (Å²) in [4.78, 5) is 44.4. The number of tetrazole rings is 1. The number of aliphatic carboxylic acids is 1.